The smallest absolute Gasteiger partial charge is 0.151 e. The number of hydrogen-bond acceptors (Lipinski definition) is 5. The number of sulfone groups is 1. The van der Waals surface area contributed by atoms with Crippen LogP contribution in [0.4, 0.5) is 0 Å². The predicted octanol–water partition coefficient (Wildman–Crippen LogP) is 0.950. The van der Waals surface area contributed by atoms with E-state index in [4.69, 9.17) is 22.7 Å². The molecule has 1 aromatic carbocycles. The SMILES string of the molecule is COc1cc(CN2CCCS(=O)(=O)CC2)ccc1C(N)=S. The summed E-state index contributed by atoms with van der Waals surface area (Å²) >= 11 is 4.98. The van der Waals surface area contributed by atoms with Crippen molar-refractivity contribution in [3.63, 3.8) is 0 Å². The van der Waals surface area contributed by atoms with Gasteiger partial charge in [-0.15, -0.1) is 0 Å². The fourth-order valence-corrected chi connectivity index (χ4v) is 3.92. The van der Waals surface area contributed by atoms with Crippen molar-refractivity contribution in [1.29, 1.82) is 0 Å². The zero-order valence-electron chi connectivity index (χ0n) is 12.0. The van der Waals surface area contributed by atoms with Crippen molar-refractivity contribution >= 4 is 27.0 Å². The number of ether oxygens (including phenoxy) is 1. The molecule has 1 aliphatic heterocycles. The fraction of sp³-hybridized carbons (Fsp3) is 0.500. The highest BCUT2D eigenvalue weighted by molar-refractivity contribution is 7.91. The molecule has 7 heteroatoms. The molecule has 2 N–H and O–H groups in total. The summed E-state index contributed by atoms with van der Waals surface area (Å²) in [4.78, 5) is 2.46. The molecule has 0 aromatic heterocycles. The Labute approximate surface area is 131 Å². The minimum atomic E-state index is -2.88. The van der Waals surface area contributed by atoms with Gasteiger partial charge in [-0.1, -0.05) is 18.3 Å². The average Bonchev–Trinajstić information content (AvgIpc) is 2.60. The molecule has 0 radical (unpaired) electrons. The van der Waals surface area contributed by atoms with E-state index in [1.807, 2.05) is 18.2 Å². The summed E-state index contributed by atoms with van der Waals surface area (Å²) < 4.78 is 28.5. The quantitative estimate of drug-likeness (QED) is 0.830. The molecule has 2 rings (SSSR count). The molecule has 21 heavy (non-hydrogen) atoms. The number of benzene rings is 1. The van der Waals surface area contributed by atoms with E-state index in [-0.39, 0.29) is 11.5 Å². The molecule has 1 fully saturated rings. The van der Waals surface area contributed by atoms with Gasteiger partial charge in [0.25, 0.3) is 0 Å². The zero-order valence-corrected chi connectivity index (χ0v) is 13.7. The van der Waals surface area contributed by atoms with Crippen LogP contribution >= 0.6 is 12.2 Å². The molecule has 1 aromatic rings. The van der Waals surface area contributed by atoms with Crippen LogP contribution < -0.4 is 10.5 Å². The van der Waals surface area contributed by atoms with E-state index in [2.05, 4.69) is 4.90 Å². The van der Waals surface area contributed by atoms with Crippen LogP contribution in [0.2, 0.25) is 0 Å². The predicted molar refractivity (Wildman–Crippen MR) is 87.4 cm³/mol. The number of nitrogens with zero attached hydrogens (tertiary/aromatic N) is 1. The van der Waals surface area contributed by atoms with Gasteiger partial charge in [-0.3, -0.25) is 4.90 Å². The second-order valence-corrected chi connectivity index (χ2v) is 7.92. The van der Waals surface area contributed by atoms with Crippen LogP contribution in [0.1, 0.15) is 17.5 Å². The molecule has 0 spiro atoms. The Morgan fingerprint density at radius 3 is 2.81 bits per heavy atom. The van der Waals surface area contributed by atoms with E-state index in [1.54, 1.807) is 7.11 Å². The molecule has 5 nitrogen and oxygen atoms in total. The van der Waals surface area contributed by atoms with Crippen LogP contribution in [0, 0.1) is 0 Å². The molecule has 0 aliphatic carbocycles. The molecule has 1 saturated heterocycles. The van der Waals surface area contributed by atoms with Gasteiger partial charge in [0.1, 0.15) is 10.7 Å². The third kappa shape index (κ3) is 4.39. The van der Waals surface area contributed by atoms with Crippen molar-refractivity contribution in [3.8, 4) is 5.75 Å². The standard InChI is InChI=1S/C14H20N2O3S2/c1-19-13-9-11(3-4-12(13)14(15)20)10-16-5-2-7-21(17,18)8-6-16/h3-4,9H,2,5-8,10H2,1H3,(H2,15,20). The second-order valence-electron chi connectivity index (χ2n) is 5.18. The van der Waals surface area contributed by atoms with Gasteiger partial charge in [-0.05, 0) is 30.7 Å². The van der Waals surface area contributed by atoms with Crippen molar-refractivity contribution in [1.82, 2.24) is 4.90 Å². The van der Waals surface area contributed by atoms with Crippen molar-refractivity contribution < 1.29 is 13.2 Å². The molecule has 0 amide bonds. The average molecular weight is 328 g/mol. The molecular weight excluding hydrogens is 308 g/mol. The number of hydrogen-bond donors (Lipinski definition) is 1. The van der Waals surface area contributed by atoms with E-state index in [1.165, 1.54) is 0 Å². The highest BCUT2D eigenvalue weighted by Crippen LogP contribution is 2.21. The van der Waals surface area contributed by atoms with Crippen LogP contribution in [0.3, 0.4) is 0 Å². The third-order valence-electron chi connectivity index (χ3n) is 3.59. The summed E-state index contributed by atoms with van der Waals surface area (Å²) in [6.45, 7) is 2.06. The zero-order chi connectivity index (χ0) is 15.5. The van der Waals surface area contributed by atoms with Gasteiger partial charge >= 0.3 is 0 Å². The lowest BCUT2D eigenvalue weighted by Gasteiger charge is -2.20. The molecular formula is C14H20N2O3S2. The van der Waals surface area contributed by atoms with E-state index < -0.39 is 9.84 Å². The van der Waals surface area contributed by atoms with Crippen LogP contribution in [-0.2, 0) is 16.4 Å². The molecule has 1 heterocycles. The van der Waals surface area contributed by atoms with Crippen molar-refractivity contribution in [2.45, 2.75) is 13.0 Å². The maximum atomic E-state index is 11.6. The fourth-order valence-electron chi connectivity index (χ4n) is 2.44. The Bertz CT molecular complexity index is 629. The van der Waals surface area contributed by atoms with Gasteiger partial charge in [0.2, 0.25) is 0 Å². The first-order valence-electron chi connectivity index (χ1n) is 6.81. The Morgan fingerprint density at radius 2 is 2.14 bits per heavy atom. The first-order valence-corrected chi connectivity index (χ1v) is 9.04. The normalized spacial score (nSPS) is 18.9. The minimum absolute atomic E-state index is 0.231. The summed E-state index contributed by atoms with van der Waals surface area (Å²) in [5.74, 6) is 1.17. The van der Waals surface area contributed by atoms with Crippen molar-refractivity contribution in [2.24, 2.45) is 5.73 Å². The summed E-state index contributed by atoms with van der Waals surface area (Å²) in [6.07, 6.45) is 0.685. The van der Waals surface area contributed by atoms with E-state index in [9.17, 15) is 8.42 Å². The summed E-state index contributed by atoms with van der Waals surface area (Å²) in [7, 11) is -1.29. The van der Waals surface area contributed by atoms with Gasteiger partial charge < -0.3 is 10.5 Å². The summed E-state index contributed by atoms with van der Waals surface area (Å²) in [6, 6.07) is 5.72. The van der Waals surface area contributed by atoms with Crippen LogP contribution in [0.15, 0.2) is 18.2 Å². The van der Waals surface area contributed by atoms with Crippen LogP contribution in [0.5, 0.6) is 5.75 Å². The van der Waals surface area contributed by atoms with Crippen molar-refractivity contribution in [3.05, 3.63) is 29.3 Å². The first-order chi connectivity index (χ1) is 9.91. The molecule has 116 valence electrons. The van der Waals surface area contributed by atoms with Gasteiger partial charge in [0, 0.05) is 13.1 Å². The van der Waals surface area contributed by atoms with E-state index >= 15 is 0 Å². The largest absolute Gasteiger partial charge is 0.496 e. The van der Waals surface area contributed by atoms with Crippen LogP contribution in [0.25, 0.3) is 0 Å². The molecule has 0 saturated carbocycles. The Balaban J connectivity index is 2.11. The second kappa shape index (κ2) is 6.72. The highest BCUT2D eigenvalue weighted by Gasteiger charge is 2.19. The number of thiocarbonyl (C=S) groups is 1. The lowest BCUT2D eigenvalue weighted by atomic mass is 10.1. The topological polar surface area (TPSA) is 72.6 Å². The van der Waals surface area contributed by atoms with E-state index in [0.29, 0.717) is 30.2 Å². The maximum absolute atomic E-state index is 11.6. The Hall–Kier alpha value is -1.18. The van der Waals surface area contributed by atoms with Crippen molar-refractivity contribution in [2.75, 3.05) is 31.7 Å². The van der Waals surface area contributed by atoms with Gasteiger partial charge in [-0.25, -0.2) is 8.42 Å². The monoisotopic (exact) mass is 328 g/mol. The minimum Gasteiger partial charge on any atom is -0.496 e. The van der Waals surface area contributed by atoms with Gasteiger partial charge in [-0.2, -0.15) is 0 Å². The Morgan fingerprint density at radius 1 is 1.38 bits per heavy atom. The van der Waals surface area contributed by atoms with Crippen LogP contribution in [-0.4, -0.2) is 50.0 Å². The molecule has 1 aliphatic rings. The molecule has 0 bridgehead atoms. The Kier molecular flexibility index (Phi) is 5.18. The van der Waals surface area contributed by atoms with E-state index in [0.717, 1.165) is 17.7 Å². The molecule has 0 unspecified atom stereocenters. The number of rotatable bonds is 4. The van der Waals surface area contributed by atoms with Gasteiger partial charge in [0.05, 0.1) is 24.2 Å². The third-order valence-corrected chi connectivity index (χ3v) is 5.52. The summed E-state index contributed by atoms with van der Waals surface area (Å²) in [5.41, 5.74) is 7.43. The lowest BCUT2D eigenvalue weighted by Crippen LogP contribution is -2.26. The number of nitrogens with two attached hydrogens (primary N) is 1. The molecule has 0 atom stereocenters. The summed E-state index contributed by atoms with van der Waals surface area (Å²) in [5, 5.41) is 0. The highest BCUT2D eigenvalue weighted by atomic mass is 32.2. The van der Waals surface area contributed by atoms with Gasteiger partial charge in [0.15, 0.2) is 9.84 Å². The first kappa shape index (κ1) is 16.2. The maximum Gasteiger partial charge on any atom is 0.151 e. The number of methoxy groups -OCH3 is 1. The lowest BCUT2D eigenvalue weighted by molar-refractivity contribution is 0.286.